The van der Waals surface area contributed by atoms with Crippen molar-refractivity contribution >= 4 is 23.5 Å². The Morgan fingerprint density at radius 3 is 1.50 bits per heavy atom. The minimum absolute atomic E-state index is 0.727. The average Bonchev–Trinajstić information content (AvgIpc) is 1.81. The summed E-state index contributed by atoms with van der Waals surface area (Å²) < 4.78 is 0. The lowest BCUT2D eigenvalue weighted by molar-refractivity contribution is 1.36. The fraction of sp³-hybridized carbons (Fsp3) is 1.00. The van der Waals surface area contributed by atoms with Gasteiger partial charge in [0.1, 0.15) is 0 Å². The van der Waals surface area contributed by atoms with Crippen molar-refractivity contribution in [2.75, 3.05) is 23.3 Å². The van der Waals surface area contributed by atoms with Crippen molar-refractivity contribution in [1.82, 2.24) is 0 Å². The van der Waals surface area contributed by atoms with E-state index < -0.39 is 0 Å². The van der Waals surface area contributed by atoms with E-state index in [9.17, 15) is 0 Å². The van der Waals surface area contributed by atoms with Crippen molar-refractivity contribution in [1.29, 1.82) is 0 Å². The van der Waals surface area contributed by atoms with Gasteiger partial charge in [-0.15, -0.1) is 23.5 Å². The molecule has 0 amide bonds. The topological polar surface area (TPSA) is 52.0 Å². The van der Waals surface area contributed by atoms with Gasteiger partial charge < -0.3 is 11.5 Å². The molecule has 0 fully saturated rings. The fourth-order valence-corrected chi connectivity index (χ4v) is 1.56. The SMILES string of the molecule is NCSCCSCN. The molecule has 0 aromatic carbocycles. The van der Waals surface area contributed by atoms with Crippen LogP contribution in [0.3, 0.4) is 0 Å². The molecular formula is C4H12N2S2. The number of nitrogens with two attached hydrogens (primary N) is 2. The molecule has 0 aromatic rings. The zero-order valence-corrected chi connectivity index (χ0v) is 6.43. The van der Waals surface area contributed by atoms with Crippen LogP contribution in [0.4, 0.5) is 0 Å². The highest BCUT2D eigenvalue weighted by Crippen LogP contribution is 2.01. The molecule has 0 bridgehead atoms. The Morgan fingerprint density at radius 1 is 0.875 bits per heavy atom. The molecule has 0 saturated heterocycles. The lowest BCUT2D eigenvalue weighted by Gasteiger charge is -1.94. The molecule has 0 aliphatic heterocycles. The molecule has 2 nitrogen and oxygen atoms in total. The smallest absolute Gasteiger partial charge is 0.0392 e. The van der Waals surface area contributed by atoms with Crippen LogP contribution in [0.2, 0.25) is 0 Å². The van der Waals surface area contributed by atoms with Crippen LogP contribution in [0.5, 0.6) is 0 Å². The van der Waals surface area contributed by atoms with Crippen LogP contribution in [0.1, 0.15) is 0 Å². The van der Waals surface area contributed by atoms with Gasteiger partial charge in [0.15, 0.2) is 0 Å². The van der Waals surface area contributed by atoms with E-state index in [-0.39, 0.29) is 0 Å². The summed E-state index contributed by atoms with van der Waals surface area (Å²) in [6.07, 6.45) is 0. The molecule has 0 aromatic heterocycles. The van der Waals surface area contributed by atoms with E-state index in [2.05, 4.69) is 0 Å². The molecule has 0 spiro atoms. The van der Waals surface area contributed by atoms with Gasteiger partial charge in [-0.1, -0.05) is 0 Å². The summed E-state index contributed by atoms with van der Waals surface area (Å²) in [5.74, 6) is 3.70. The third-order valence-corrected chi connectivity index (χ3v) is 2.32. The van der Waals surface area contributed by atoms with Gasteiger partial charge >= 0.3 is 0 Å². The lowest BCUT2D eigenvalue weighted by Crippen LogP contribution is -1.98. The zero-order chi connectivity index (χ0) is 6.24. The van der Waals surface area contributed by atoms with Gasteiger partial charge in [0.05, 0.1) is 0 Å². The van der Waals surface area contributed by atoms with E-state index in [1.54, 1.807) is 23.5 Å². The van der Waals surface area contributed by atoms with Crippen LogP contribution in [0.15, 0.2) is 0 Å². The summed E-state index contributed by atoms with van der Waals surface area (Å²) >= 11 is 3.50. The first-order chi connectivity index (χ1) is 3.91. The van der Waals surface area contributed by atoms with Crippen LogP contribution in [0.25, 0.3) is 0 Å². The summed E-state index contributed by atoms with van der Waals surface area (Å²) in [6, 6.07) is 0. The molecule has 0 aliphatic carbocycles. The summed E-state index contributed by atoms with van der Waals surface area (Å²) in [5.41, 5.74) is 10.5. The predicted molar refractivity (Wildman–Crippen MR) is 43.0 cm³/mol. The summed E-state index contributed by atoms with van der Waals surface area (Å²) in [5, 5.41) is 0. The molecule has 0 rings (SSSR count). The number of rotatable bonds is 5. The molecule has 4 heteroatoms. The first-order valence-corrected chi connectivity index (χ1v) is 4.78. The van der Waals surface area contributed by atoms with Gasteiger partial charge in [0.25, 0.3) is 0 Å². The van der Waals surface area contributed by atoms with Crippen LogP contribution in [-0.2, 0) is 0 Å². The van der Waals surface area contributed by atoms with Crippen molar-refractivity contribution in [3.05, 3.63) is 0 Å². The summed E-state index contributed by atoms with van der Waals surface area (Å²) in [6.45, 7) is 0. The maximum atomic E-state index is 5.23. The monoisotopic (exact) mass is 152 g/mol. The molecule has 4 N–H and O–H groups in total. The zero-order valence-electron chi connectivity index (χ0n) is 4.80. The van der Waals surface area contributed by atoms with Crippen molar-refractivity contribution in [2.45, 2.75) is 0 Å². The first-order valence-electron chi connectivity index (χ1n) is 2.47. The molecule has 0 atom stereocenters. The summed E-state index contributed by atoms with van der Waals surface area (Å²) in [7, 11) is 0. The number of hydrogen-bond acceptors (Lipinski definition) is 4. The largest absolute Gasteiger partial charge is 0.322 e. The second-order valence-electron chi connectivity index (χ2n) is 1.15. The third-order valence-electron chi connectivity index (χ3n) is 0.608. The minimum atomic E-state index is 0.727. The Bertz CT molecular complexity index is 37.0. The van der Waals surface area contributed by atoms with E-state index in [1.165, 1.54) is 0 Å². The van der Waals surface area contributed by atoms with Crippen LogP contribution in [-0.4, -0.2) is 23.3 Å². The predicted octanol–water partition coefficient (Wildman–Crippen LogP) is 0.285. The third kappa shape index (κ3) is 6.62. The molecule has 0 radical (unpaired) electrons. The average molecular weight is 152 g/mol. The Morgan fingerprint density at radius 2 is 1.25 bits per heavy atom. The van der Waals surface area contributed by atoms with Crippen molar-refractivity contribution in [3.63, 3.8) is 0 Å². The number of thioether (sulfide) groups is 2. The Hall–Kier alpha value is 0.620. The van der Waals surface area contributed by atoms with E-state index >= 15 is 0 Å². The van der Waals surface area contributed by atoms with Gasteiger partial charge in [-0.3, -0.25) is 0 Å². The van der Waals surface area contributed by atoms with Gasteiger partial charge in [-0.25, -0.2) is 0 Å². The number of hydrogen-bond donors (Lipinski definition) is 2. The van der Waals surface area contributed by atoms with Crippen molar-refractivity contribution in [2.24, 2.45) is 11.5 Å². The molecule has 0 heterocycles. The molecule has 0 saturated carbocycles. The lowest BCUT2D eigenvalue weighted by atomic mass is 11.0. The first kappa shape index (κ1) is 8.62. The molecule has 0 aliphatic rings. The summed E-state index contributed by atoms with van der Waals surface area (Å²) in [4.78, 5) is 0. The minimum Gasteiger partial charge on any atom is -0.322 e. The van der Waals surface area contributed by atoms with E-state index in [0.717, 1.165) is 23.3 Å². The normalized spacial score (nSPS) is 9.75. The van der Waals surface area contributed by atoms with E-state index in [4.69, 9.17) is 11.5 Å². The van der Waals surface area contributed by atoms with E-state index in [0.29, 0.717) is 0 Å². The Labute approximate surface area is 58.8 Å². The van der Waals surface area contributed by atoms with Gasteiger partial charge in [-0.2, -0.15) is 0 Å². The second-order valence-corrected chi connectivity index (χ2v) is 3.45. The highest BCUT2D eigenvalue weighted by atomic mass is 32.2. The highest BCUT2D eigenvalue weighted by Gasteiger charge is 1.83. The van der Waals surface area contributed by atoms with Gasteiger partial charge in [0, 0.05) is 23.3 Å². The second kappa shape index (κ2) is 7.62. The Kier molecular flexibility index (Phi) is 8.21. The maximum Gasteiger partial charge on any atom is 0.0392 e. The van der Waals surface area contributed by atoms with Crippen LogP contribution >= 0.6 is 23.5 Å². The fourth-order valence-electron chi connectivity index (χ4n) is 0.285. The highest BCUT2D eigenvalue weighted by molar-refractivity contribution is 8.02. The van der Waals surface area contributed by atoms with Crippen molar-refractivity contribution in [3.8, 4) is 0 Å². The Balaban J connectivity index is 2.53. The standard InChI is InChI=1S/C4H12N2S2/c5-3-7-1-2-8-4-6/h1-6H2. The van der Waals surface area contributed by atoms with E-state index in [1.807, 2.05) is 0 Å². The van der Waals surface area contributed by atoms with Crippen molar-refractivity contribution < 1.29 is 0 Å². The van der Waals surface area contributed by atoms with Gasteiger partial charge in [-0.05, 0) is 0 Å². The van der Waals surface area contributed by atoms with Gasteiger partial charge in [0.2, 0.25) is 0 Å². The molecule has 0 unspecified atom stereocenters. The maximum absolute atomic E-state index is 5.23. The quantitative estimate of drug-likeness (QED) is 0.439. The van der Waals surface area contributed by atoms with Crippen LogP contribution < -0.4 is 11.5 Å². The molecule has 8 heavy (non-hydrogen) atoms. The van der Waals surface area contributed by atoms with Crippen LogP contribution in [0, 0.1) is 0 Å². The molecule has 50 valence electrons. The molecular weight excluding hydrogens is 140 g/mol.